The van der Waals surface area contributed by atoms with Gasteiger partial charge in [-0.1, -0.05) is 39.7 Å². The second kappa shape index (κ2) is 6.63. The molecule has 4 heteroatoms. The fourth-order valence-corrected chi connectivity index (χ4v) is 3.64. The maximum Gasteiger partial charge on any atom is 0.333 e. The van der Waals surface area contributed by atoms with Crippen LogP contribution in [0.4, 0.5) is 0 Å². The average molecular weight is 294 g/mol. The van der Waals surface area contributed by atoms with E-state index in [0.717, 1.165) is 12.8 Å². The average Bonchev–Trinajstić information content (AvgIpc) is 3.05. The van der Waals surface area contributed by atoms with Crippen LogP contribution in [0.5, 0.6) is 0 Å². The number of carbonyl (C=O) groups is 2. The zero-order chi connectivity index (χ0) is 15.6. The third kappa shape index (κ3) is 3.14. The molecule has 21 heavy (non-hydrogen) atoms. The molecule has 3 rings (SSSR count). The Morgan fingerprint density at radius 1 is 1.33 bits per heavy atom. The number of unbranched alkanes of at least 4 members (excludes halogenated alkanes) is 2. The number of rotatable bonds is 4. The van der Waals surface area contributed by atoms with Crippen LogP contribution in [0.3, 0.4) is 0 Å². The zero-order valence-electron chi connectivity index (χ0n) is 13.3. The predicted octanol–water partition coefficient (Wildman–Crippen LogP) is 3.25. The largest absolute Gasteiger partial charge is 0.458 e. The number of esters is 2. The van der Waals surface area contributed by atoms with Crippen molar-refractivity contribution in [2.24, 2.45) is 17.8 Å². The lowest BCUT2D eigenvalue weighted by Gasteiger charge is -2.25. The first-order chi connectivity index (χ1) is 9.99. The van der Waals surface area contributed by atoms with Gasteiger partial charge in [0, 0.05) is 17.4 Å². The lowest BCUT2D eigenvalue weighted by molar-refractivity contribution is -0.158. The Morgan fingerprint density at radius 2 is 2.00 bits per heavy atom. The van der Waals surface area contributed by atoms with Gasteiger partial charge < -0.3 is 9.47 Å². The topological polar surface area (TPSA) is 52.6 Å². The molecule has 0 aromatic heterocycles. The van der Waals surface area contributed by atoms with Crippen LogP contribution in [0.1, 0.15) is 52.9 Å². The molecule has 0 radical (unpaired) electrons. The fourth-order valence-electron chi connectivity index (χ4n) is 3.64. The Kier molecular flexibility index (Phi) is 5.07. The first kappa shape index (κ1) is 16.1. The molecule has 1 saturated heterocycles. The number of ether oxygens (including phenoxy) is 2. The van der Waals surface area contributed by atoms with E-state index in [0.29, 0.717) is 11.5 Å². The van der Waals surface area contributed by atoms with Crippen molar-refractivity contribution in [3.63, 3.8) is 0 Å². The number of hydrogen-bond donors (Lipinski definition) is 0. The Labute approximate surface area is 126 Å². The third-order valence-corrected chi connectivity index (χ3v) is 4.71. The molecule has 4 nitrogen and oxygen atoms in total. The molecule has 3 aliphatic rings. The molecule has 5 atom stereocenters. The van der Waals surface area contributed by atoms with Gasteiger partial charge >= 0.3 is 11.9 Å². The van der Waals surface area contributed by atoms with Crippen molar-refractivity contribution in [2.75, 3.05) is 0 Å². The lowest BCUT2D eigenvalue weighted by Crippen LogP contribution is -2.36. The predicted molar refractivity (Wildman–Crippen MR) is 79.5 cm³/mol. The van der Waals surface area contributed by atoms with Gasteiger partial charge in [0.05, 0.1) is 5.92 Å². The normalized spacial score (nSPS) is 35.0. The van der Waals surface area contributed by atoms with Crippen LogP contribution in [-0.2, 0) is 19.1 Å². The van der Waals surface area contributed by atoms with Crippen molar-refractivity contribution in [2.45, 2.75) is 65.1 Å². The van der Waals surface area contributed by atoms with Gasteiger partial charge in [-0.25, -0.2) is 4.79 Å². The molecular formula is C17H26O4. The van der Waals surface area contributed by atoms with Gasteiger partial charge in [-0.15, -0.1) is 0 Å². The van der Waals surface area contributed by atoms with E-state index in [1.807, 2.05) is 0 Å². The van der Waals surface area contributed by atoms with Gasteiger partial charge in [-0.05, 0) is 19.8 Å². The smallest absolute Gasteiger partial charge is 0.333 e. The van der Waals surface area contributed by atoms with E-state index < -0.39 is 0 Å². The molecule has 0 spiro atoms. The summed E-state index contributed by atoms with van der Waals surface area (Å²) in [7, 11) is 0. The highest BCUT2D eigenvalue weighted by Gasteiger charge is 2.63. The van der Waals surface area contributed by atoms with E-state index in [-0.39, 0.29) is 36.0 Å². The van der Waals surface area contributed by atoms with E-state index in [1.54, 1.807) is 6.92 Å². The fraction of sp³-hybridized carbons (Fsp3) is 0.765. The maximum atomic E-state index is 11.5. The maximum absolute atomic E-state index is 11.5. The quantitative estimate of drug-likeness (QED) is 0.590. The molecule has 1 aliphatic heterocycles. The highest BCUT2D eigenvalue weighted by molar-refractivity contribution is 5.87. The third-order valence-electron chi connectivity index (χ3n) is 4.71. The highest BCUT2D eigenvalue weighted by atomic mass is 16.6. The van der Waals surface area contributed by atoms with Gasteiger partial charge in [0.15, 0.2) is 0 Å². The van der Waals surface area contributed by atoms with Crippen molar-refractivity contribution in [3.05, 3.63) is 12.2 Å². The van der Waals surface area contributed by atoms with Crippen LogP contribution < -0.4 is 0 Å². The number of hydrogen-bond acceptors (Lipinski definition) is 4. The van der Waals surface area contributed by atoms with E-state index in [9.17, 15) is 9.59 Å². The zero-order valence-corrected chi connectivity index (χ0v) is 13.3. The molecule has 5 unspecified atom stereocenters. The molecule has 3 fully saturated rings. The van der Waals surface area contributed by atoms with Crippen molar-refractivity contribution in [1.82, 2.24) is 0 Å². The standard InChI is InChI=1S/C12H14O4.C5H12/c1-5(2)11(13)15-9-6-3-7-8(4-6)12(14)16-10(7)9;1-3-5-4-2/h6-10H,1,3-4H2,2H3;3-5H2,1-2H3. The van der Waals surface area contributed by atoms with Crippen molar-refractivity contribution in [1.29, 1.82) is 0 Å². The molecule has 2 aliphatic carbocycles. The van der Waals surface area contributed by atoms with Crippen LogP contribution in [0.2, 0.25) is 0 Å². The molecule has 2 saturated carbocycles. The second-order valence-corrected chi connectivity index (χ2v) is 6.41. The molecule has 2 bridgehead atoms. The Balaban J connectivity index is 0.000000282. The summed E-state index contributed by atoms with van der Waals surface area (Å²) in [5.41, 5.74) is 0.392. The summed E-state index contributed by atoms with van der Waals surface area (Å²) in [5.74, 6) is 0.161. The second-order valence-electron chi connectivity index (χ2n) is 6.41. The SMILES string of the molecule is C=C(C)C(=O)OC1C2CC3C(=O)OC1C3C2.CCCCC. The van der Waals surface area contributed by atoms with E-state index in [2.05, 4.69) is 20.4 Å². The van der Waals surface area contributed by atoms with E-state index >= 15 is 0 Å². The van der Waals surface area contributed by atoms with Crippen molar-refractivity contribution in [3.8, 4) is 0 Å². The summed E-state index contributed by atoms with van der Waals surface area (Å²) in [6, 6.07) is 0. The number of fused-ring (bicyclic) bond motifs is 1. The summed E-state index contributed by atoms with van der Waals surface area (Å²) in [4.78, 5) is 22.9. The summed E-state index contributed by atoms with van der Waals surface area (Å²) < 4.78 is 10.7. The Morgan fingerprint density at radius 3 is 2.52 bits per heavy atom. The lowest BCUT2D eigenvalue weighted by atomic mass is 9.88. The molecule has 0 amide bonds. The summed E-state index contributed by atoms with van der Waals surface area (Å²) in [5, 5.41) is 0. The van der Waals surface area contributed by atoms with Gasteiger partial charge in [0.1, 0.15) is 12.2 Å². The minimum Gasteiger partial charge on any atom is -0.458 e. The minimum absolute atomic E-state index is 0.0646. The van der Waals surface area contributed by atoms with Crippen LogP contribution in [0.15, 0.2) is 12.2 Å². The van der Waals surface area contributed by atoms with Gasteiger partial charge in [0.25, 0.3) is 0 Å². The molecule has 118 valence electrons. The molecule has 0 N–H and O–H groups in total. The van der Waals surface area contributed by atoms with Crippen LogP contribution in [-0.4, -0.2) is 24.1 Å². The molecule has 0 aromatic rings. The highest BCUT2D eigenvalue weighted by Crippen LogP contribution is 2.55. The van der Waals surface area contributed by atoms with E-state index in [4.69, 9.17) is 9.47 Å². The Hall–Kier alpha value is -1.32. The van der Waals surface area contributed by atoms with Gasteiger partial charge in [-0.2, -0.15) is 0 Å². The summed E-state index contributed by atoms with van der Waals surface area (Å²) in [6.07, 6.45) is 5.41. The molecular weight excluding hydrogens is 268 g/mol. The first-order valence-corrected chi connectivity index (χ1v) is 8.06. The van der Waals surface area contributed by atoms with Gasteiger partial charge in [-0.3, -0.25) is 4.79 Å². The summed E-state index contributed by atoms with van der Waals surface area (Å²) in [6.45, 7) is 9.60. The number of carbonyl (C=O) groups excluding carboxylic acids is 2. The van der Waals surface area contributed by atoms with Crippen LogP contribution >= 0.6 is 0 Å². The summed E-state index contributed by atoms with van der Waals surface area (Å²) >= 11 is 0. The van der Waals surface area contributed by atoms with Gasteiger partial charge in [0.2, 0.25) is 0 Å². The van der Waals surface area contributed by atoms with Crippen molar-refractivity contribution >= 4 is 11.9 Å². The first-order valence-electron chi connectivity index (χ1n) is 8.06. The monoisotopic (exact) mass is 294 g/mol. The molecule has 0 aromatic carbocycles. The Bertz CT molecular complexity index is 427. The van der Waals surface area contributed by atoms with Crippen LogP contribution in [0, 0.1) is 17.8 Å². The van der Waals surface area contributed by atoms with Crippen LogP contribution in [0.25, 0.3) is 0 Å². The van der Waals surface area contributed by atoms with Crippen molar-refractivity contribution < 1.29 is 19.1 Å². The van der Waals surface area contributed by atoms with E-state index in [1.165, 1.54) is 19.3 Å². The minimum atomic E-state index is -0.378. The molecule has 1 heterocycles.